The molecule has 1 atom stereocenters. The van der Waals surface area contributed by atoms with E-state index in [4.69, 9.17) is 0 Å². The highest BCUT2D eigenvalue weighted by Gasteiger charge is 2.22. The first-order valence-electron chi connectivity index (χ1n) is 8.74. The van der Waals surface area contributed by atoms with Gasteiger partial charge in [0.25, 0.3) is 0 Å². The summed E-state index contributed by atoms with van der Waals surface area (Å²) in [6, 6.07) is 14.4. The number of para-hydroxylation sites is 1. The zero-order valence-corrected chi connectivity index (χ0v) is 16.7. The standard InChI is InChI=1S/C20H22N6S/c1-13(2)22-20-24-17(16(11-21)19-23-14(3)12-27-19)10-18(25-20)26(4)15-8-6-5-7-9-15/h5-10,12-13,16H,1-4H3,(H,22,24,25). The van der Waals surface area contributed by atoms with E-state index in [1.165, 1.54) is 11.3 Å². The summed E-state index contributed by atoms with van der Waals surface area (Å²) in [5.74, 6) is 0.707. The lowest BCUT2D eigenvalue weighted by Gasteiger charge is -2.21. The summed E-state index contributed by atoms with van der Waals surface area (Å²) in [6.45, 7) is 5.99. The Kier molecular flexibility index (Phi) is 5.67. The molecular weight excluding hydrogens is 356 g/mol. The van der Waals surface area contributed by atoms with Crippen LogP contribution in [0, 0.1) is 18.3 Å². The lowest BCUT2D eigenvalue weighted by atomic mass is 10.1. The Morgan fingerprint density at radius 2 is 1.89 bits per heavy atom. The van der Waals surface area contributed by atoms with Gasteiger partial charge in [-0.05, 0) is 32.9 Å². The van der Waals surface area contributed by atoms with Gasteiger partial charge >= 0.3 is 0 Å². The lowest BCUT2D eigenvalue weighted by Crippen LogP contribution is -2.18. The van der Waals surface area contributed by atoms with Crippen molar-refractivity contribution in [3.05, 3.63) is 58.2 Å². The Bertz CT molecular complexity index is 945. The van der Waals surface area contributed by atoms with Gasteiger partial charge in [0.1, 0.15) is 16.7 Å². The number of rotatable bonds is 6. The number of nitrogens with one attached hydrogen (secondary N) is 1. The molecule has 2 aromatic heterocycles. The van der Waals surface area contributed by atoms with Crippen LogP contribution in [0.15, 0.2) is 41.8 Å². The van der Waals surface area contributed by atoms with Gasteiger partial charge in [0.05, 0.1) is 11.8 Å². The van der Waals surface area contributed by atoms with Crippen LogP contribution in [-0.4, -0.2) is 28.0 Å². The summed E-state index contributed by atoms with van der Waals surface area (Å²) in [5, 5.41) is 15.7. The number of nitriles is 1. The fourth-order valence-corrected chi connectivity index (χ4v) is 3.48. The molecule has 0 amide bonds. The maximum Gasteiger partial charge on any atom is 0.225 e. The molecule has 0 aliphatic rings. The lowest BCUT2D eigenvalue weighted by molar-refractivity contribution is 0.853. The highest BCUT2D eigenvalue weighted by atomic mass is 32.1. The monoisotopic (exact) mass is 378 g/mol. The Labute approximate surface area is 163 Å². The number of nitrogens with zero attached hydrogens (tertiary/aromatic N) is 5. The topological polar surface area (TPSA) is 77.7 Å². The van der Waals surface area contributed by atoms with E-state index < -0.39 is 5.92 Å². The number of aromatic nitrogens is 3. The summed E-state index contributed by atoms with van der Waals surface area (Å²) < 4.78 is 0. The molecule has 0 saturated heterocycles. The normalized spacial score (nSPS) is 11.9. The van der Waals surface area contributed by atoms with Crippen molar-refractivity contribution >= 4 is 28.8 Å². The number of aryl methyl sites for hydroxylation is 1. The maximum absolute atomic E-state index is 9.78. The van der Waals surface area contributed by atoms with Gasteiger partial charge in [-0.3, -0.25) is 0 Å². The van der Waals surface area contributed by atoms with Crippen molar-refractivity contribution in [2.75, 3.05) is 17.3 Å². The molecule has 0 radical (unpaired) electrons. The van der Waals surface area contributed by atoms with Crippen molar-refractivity contribution in [2.24, 2.45) is 0 Å². The van der Waals surface area contributed by atoms with Crippen LogP contribution in [0.5, 0.6) is 0 Å². The third-order valence-corrected chi connectivity index (χ3v) is 4.97. The SMILES string of the molecule is Cc1csc(C(C#N)c2cc(N(C)c3ccccc3)nc(NC(C)C)n2)n1. The van der Waals surface area contributed by atoms with Crippen LogP contribution in [0.25, 0.3) is 0 Å². The predicted octanol–water partition coefficient (Wildman–Crippen LogP) is 4.49. The average Bonchev–Trinajstić information content (AvgIpc) is 3.07. The zero-order valence-electron chi connectivity index (χ0n) is 15.8. The van der Waals surface area contributed by atoms with Gasteiger partial charge in [-0.2, -0.15) is 10.2 Å². The molecule has 3 rings (SSSR count). The average molecular weight is 379 g/mol. The molecule has 0 spiro atoms. The molecule has 138 valence electrons. The summed E-state index contributed by atoms with van der Waals surface area (Å²) in [7, 11) is 1.95. The minimum Gasteiger partial charge on any atom is -0.352 e. The second-order valence-corrected chi connectivity index (χ2v) is 7.45. The second-order valence-electron chi connectivity index (χ2n) is 6.56. The molecule has 0 aliphatic carbocycles. The fraction of sp³-hybridized carbons (Fsp3) is 0.300. The first-order valence-corrected chi connectivity index (χ1v) is 9.62. The molecule has 7 heteroatoms. The van der Waals surface area contributed by atoms with E-state index in [9.17, 15) is 5.26 Å². The number of benzene rings is 1. The Balaban J connectivity index is 2.06. The van der Waals surface area contributed by atoms with E-state index in [-0.39, 0.29) is 6.04 Å². The Hall–Kier alpha value is -2.98. The molecule has 3 aromatic rings. The molecule has 6 nitrogen and oxygen atoms in total. The number of hydrogen-bond acceptors (Lipinski definition) is 7. The molecule has 27 heavy (non-hydrogen) atoms. The zero-order chi connectivity index (χ0) is 19.4. The maximum atomic E-state index is 9.78. The molecule has 2 heterocycles. The molecule has 0 aliphatic heterocycles. The third kappa shape index (κ3) is 4.41. The van der Waals surface area contributed by atoms with Gasteiger partial charge in [-0.15, -0.1) is 11.3 Å². The molecule has 1 N–H and O–H groups in total. The highest BCUT2D eigenvalue weighted by molar-refractivity contribution is 7.09. The van der Waals surface area contributed by atoms with E-state index in [1.807, 2.05) is 74.5 Å². The Morgan fingerprint density at radius 3 is 2.48 bits per heavy atom. The smallest absolute Gasteiger partial charge is 0.225 e. The minimum atomic E-state index is -0.526. The quantitative estimate of drug-likeness (QED) is 0.681. The minimum absolute atomic E-state index is 0.178. The highest BCUT2D eigenvalue weighted by Crippen LogP contribution is 2.30. The molecule has 0 saturated carbocycles. The van der Waals surface area contributed by atoms with Crippen molar-refractivity contribution < 1.29 is 0 Å². The molecular formula is C20H22N6S. The van der Waals surface area contributed by atoms with Crippen LogP contribution in [0.1, 0.15) is 36.2 Å². The largest absolute Gasteiger partial charge is 0.352 e. The molecule has 0 fully saturated rings. The van der Waals surface area contributed by atoms with Crippen LogP contribution >= 0.6 is 11.3 Å². The predicted molar refractivity (Wildman–Crippen MR) is 110 cm³/mol. The van der Waals surface area contributed by atoms with Gasteiger partial charge in [-0.1, -0.05) is 18.2 Å². The van der Waals surface area contributed by atoms with E-state index in [1.54, 1.807) is 0 Å². The fourth-order valence-electron chi connectivity index (χ4n) is 2.63. The van der Waals surface area contributed by atoms with Crippen molar-refractivity contribution in [1.82, 2.24) is 15.0 Å². The van der Waals surface area contributed by atoms with Crippen molar-refractivity contribution in [1.29, 1.82) is 5.26 Å². The number of thiazole rings is 1. The van der Waals surface area contributed by atoms with Crippen molar-refractivity contribution in [3.8, 4) is 6.07 Å². The van der Waals surface area contributed by atoms with Gasteiger partial charge in [-0.25, -0.2) is 9.97 Å². The number of hydrogen-bond donors (Lipinski definition) is 1. The summed E-state index contributed by atoms with van der Waals surface area (Å²) in [4.78, 5) is 15.7. The van der Waals surface area contributed by atoms with E-state index >= 15 is 0 Å². The first kappa shape index (κ1) is 18.8. The summed E-state index contributed by atoms with van der Waals surface area (Å²) >= 11 is 1.48. The Morgan fingerprint density at radius 1 is 1.15 bits per heavy atom. The summed E-state index contributed by atoms with van der Waals surface area (Å²) in [6.07, 6.45) is 0. The van der Waals surface area contributed by atoms with E-state index in [2.05, 4.69) is 26.3 Å². The van der Waals surface area contributed by atoms with Crippen molar-refractivity contribution in [3.63, 3.8) is 0 Å². The van der Waals surface area contributed by atoms with Gasteiger partial charge in [0.2, 0.25) is 5.95 Å². The van der Waals surface area contributed by atoms with E-state index in [0.29, 0.717) is 11.6 Å². The first-order chi connectivity index (χ1) is 13.0. The molecule has 0 bridgehead atoms. The molecule has 1 unspecified atom stereocenters. The van der Waals surface area contributed by atoms with Crippen LogP contribution < -0.4 is 10.2 Å². The van der Waals surface area contributed by atoms with E-state index in [0.717, 1.165) is 22.2 Å². The third-order valence-electron chi connectivity index (χ3n) is 3.95. The van der Waals surface area contributed by atoms with Gasteiger partial charge in [0.15, 0.2) is 0 Å². The van der Waals surface area contributed by atoms with Crippen molar-refractivity contribution in [2.45, 2.75) is 32.7 Å². The molecule has 1 aromatic carbocycles. The van der Waals surface area contributed by atoms with Crippen LogP contribution in [0.2, 0.25) is 0 Å². The van der Waals surface area contributed by atoms with Crippen LogP contribution in [-0.2, 0) is 0 Å². The van der Waals surface area contributed by atoms with Gasteiger partial charge < -0.3 is 10.2 Å². The van der Waals surface area contributed by atoms with Gasteiger partial charge in [0, 0.05) is 35.9 Å². The second kappa shape index (κ2) is 8.14. The van der Waals surface area contributed by atoms with Crippen LogP contribution in [0.3, 0.4) is 0 Å². The van der Waals surface area contributed by atoms with Crippen LogP contribution in [0.4, 0.5) is 17.5 Å². The summed E-state index contributed by atoms with van der Waals surface area (Å²) in [5.41, 5.74) is 2.56. The number of anilines is 3.